The second-order valence-corrected chi connectivity index (χ2v) is 2.16. The highest BCUT2D eigenvalue weighted by Gasteiger charge is 2.17. The highest BCUT2D eigenvalue weighted by molar-refractivity contribution is 5.41. The Balaban J connectivity index is 2.23. The van der Waals surface area contributed by atoms with Gasteiger partial charge in [0.25, 0.3) is 0 Å². The van der Waals surface area contributed by atoms with E-state index in [1.165, 1.54) is 0 Å². The molecule has 0 saturated heterocycles. The molecule has 0 aromatic carbocycles. The molecular formula is C6H8N4O. The molecule has 1 aliphatic rings. The maximum Gasteiger partial charge on any atom is 0.231 e. The molecule has 2 rings (SSSR count). The van der Waals surface area contributed by atoms with Crippen molar-refractivity contribution in [1.29, 1.82) is 0 Å². The Morgan fingerprint density at radius 2 is 2.64 bits per heavy atom. The monoisotopic (exact) mass is 152 g/mol. The molecule has 0 amide bonds. The molecule has 5 nitrogen and oxygen atoms in total. The van der Waals surface area contributed by atoms with Gasteiger partial charge in [0.15, 0.2) is 0 Å². The molecule has 58 valence electrons. The fourth-order valence-electron chi connectivity index (χ4n) is 0.941. The van der Waals surface area contributed by atoms with Crippen molar-refractivity contribution in [2.45, 2.75) is 6.35 Å². The zero-order valence-corrected chi connectivity index (χ0v) is 5.77. The number of nitrogens with two attached hydrogens (primary N) is 1. The van der Waals surface area contributed by atoms with Crippen LogP contribution >= 0.6 is 0 Å². The summed E-state index contributed by atoms with van der Waals surface area (Å²) in [6.45, 7) is 0. The lowest BCUT2D eigenvalue weighted by Gasteiger charge is -2.17. The predicted octanol–water partition coefficient (Wildman–Crippen LogP) is -0.0402. The van der Waals surface area contributed by atoms with Crippen molar-refractivity contribution < 1.29 is 4.74 Å². The van der Waals surface area contributed by atoms with Crippen molar-refractivity contribution in [3.8, 4) is 0 Å². The fraction of sp³-hybridized carbons (Fsp3) is 0.167. The summed E-state index contributed by atoms with van der Waals surface area (Å²) in [6, 6.07) is 1.82. The van der Waals surface area contributed by atoms with Crippen LogP contribution in [0.1, 0.15) is 0 Å². The van der Waals surface area contributed by atoms with E-state index in [1.54, 1.807) is 23.6 Å². The fourth-order valence-corrected chi connectivity index (χ4v) is 0.941. The molecule has 0 fully saturated rings. The van der Waals surface area contributed by atoms with Gasteiger partial charge >= 0.3 is 0 Å². The van der Waals surface area contributed by atoms with Crippen molar-refractivity contribution in [1.82, 2.24) is 10.2 Å². The van der Waals surface area contributed by atoms with E-state index in [-0.39, 0.29) is 0 Å². The van der Waals surface area contributed by atoms with Crippen LogP contribution in [0.3, 0.4) is 0 Å². The summed E-state index contributed by atoms with van der Waals surface area (Å²) in [7, 11) is 0. The van der Waals surface area contributed by atoms with Crippen molar-refractivity contribution in [3.63, 3.8) is 0 Å². The molecule has 1 atom stereocenters. The van der Waals surface area contributed by atoms with Crippen LogP contribution in [0, 0.1) is 0 Å². The topological polar surface area (TPSA) is 67.2 Å². The highest BCUT2D eigenvalue weighted by atomic mass is 16.5. The minimum absolute atomic E-state index is 0.435. The van der Waals surface area contributed by atoms with E-state index in [2.05, 4.69) is 10.2 Å². The van der Waals surface area contributed by atoms with Gasteiger partial charge in [-0.25, -0.2) is 0 Å². The molecule has 1 aromatic rings. The standard InChI is InChI=1S/C6H8N4O/c7-6-10(3-4-11-6)5-1-2-8-9-5/h1-4,6H,7H2,(H,8,9). The van der Waals surface area contributed by atoms with Crippen molar-refractivity contribution >= 4 is 5.82 Å². The Hall–Kier alpha value is -1.49. The Kier molecular flexibility index (Phi) is 1.29. The summed E-state index contributed by atoms with van der Waals surface area (Å²) >= 11 is 0. The minimum Gasteiger partial charge on any atom is -0.463 e. The Morgan fingerprint density at radius 1 is 1.73 bits per heavy atom. The van der Waals surface area contributed by atoms with Gasteiger partial charge in [0.1, 0.15) is 12.1 Å². The normalized spacial score (nSPS) is 22.3. The van der Waals surface area contributed by atoms with E-state index in [9.17, 15) is 0 Å². The van der Waals surface area contributed by atoms with Crippen LogP contribution in [-0.4, -0.2) is 16.5 Å². The quantitative estimate of drug-likeness (QED) is 0.592. The number of nitrogens with one attached hydrogen (secondary N) is 1. The third-order valence-corrected chi connectivity index (χ3v) is 1.48. The molecule has 0 saturated carbocycles. The van der Waals surface area contributed by atoms with Gasteiger partial charge < -0.3 is 4.74 Å². The summed E-state index contributed by atoms with van der Waals surface area (Å²) < 4.78 is 4.96. The number of aromatic amines is 1. The van der Waals surface area contributed by atoms with Gasteiger partial charge in [-0.3, -0.25) is 15.7 Å². The number of hydrogen-bond donors (Lipinski definition) is 2. The van der Waals surface area contributed by atoms with Gasteiger partial charge in [0.2, 0.25) is 6.35 Å². The Bertz CT molecular complexity index is 256. The molecule has 2 heterocycles. The number of aromatic nitrogens is 2. The first-order valence-electron chi connectivity index (χ1n) is 3.23. The van der Waals surface area contributed by atoms with Gasteiger partial charge in [-0.2, -0.15) is 5.10 Å². The maximum absolute atomic E-state index is 5.56. The van der Waals surface area contributed by atoms with Gasteiger partial charge in [-0.15, -0.1) is 0 Å². The zero-order chi connectivity index (χ0) is 7.68. The van der Waals surface area contributed by atoms with Crippen molar-refractivity contribution in [3.05, 3.63) is 24.7 Å². The van der Waals surface area contributed by atoms with Crippen LogP contribution in [0.5, 0.6) is 0 Å². The second kappa shape index (κ2) is 2.28. The Labute approximate surface area is 63.4 Å². The lowest BCUT2D eigenvalue weighted by molar-refractivity contribution is 0.178. The molecule has 0 aliphatic carbocycles. The number of hydrogen-bond acceptors (Lipinski definition) is 4. The summed E-state index contributed by atoms with van der Waals surface area (Å²) in [6.07, 6.45) is 4.52. The third kappa shape index (κ3) is 0.947. The third-order valence-electron chi connectivity index (χ3n) is 1.48. The zero-order valence-electron chi connectivity index (χ0n) is 5.77. The lowest BCUT2D eigenvalue weighted by atomic mass is 10.5. The van der Waals surface area contributed by atoms with Crippen LogP contribution in [0.2, 0.25) is 0 Å². The Morgan fingerprint density at radius 3 is 3.18 bits per heavy atom. The molecule has 1 aliphatic heterocycles. The van der Waals surface area contributed by atoms with Crippen LogP contribution in [0.15, 0.2) is 24.7 Å². The number of anilines is 1. The summed E-state index contributed by atoms with van der Waals surface area (Å²) in [5.41, 5.74) is 5.56. The minimum atomic E-state index is -0.435. The molecule has 1 unspecified atom stereocenters. The van der Waals surface area contributed by atoms with E-state index in [4.69, 9.17) is 10.5 Å². The maximum atomic E-state index is 5.56. The van der Waals surface area contributed by atoms with Crippen LogP contribution in [0.25, 0.3) is 0 Å². The van der Waals surface area contributed by atoms with Gasteiger partial charge in [0, 0.05) is 12.3 Å². The molecule has 1 aromatic heterocycles. The van der Waals surface area contributed by atoms with Crippen molar-refractivity contribution in [2.24, 2.45) is 5.73 Å². The first kappa shape index (κ1) is 6.23. The average molecular weight is 152 g/mol. The number of ether oxygens (including phenoxy) is 1. The van der Waals surface area contributed by atoms with E-state index >= 15 is 0 Å². The first-order chi connectivity index (χ1) is 5.38. The molecule has 5 heteroatoms. The SMILES string of the molecule is NC1OC=CN1c1ccn[nH]1. The second-order valence-electron chi connectivity index (χ2n) is 2.16. The molecular weight excluding hydrogens is 144 g/mol. The molecule has 0 radical (unpaired) electrons. The van der Waals surface area contributed by atoms with Crippen LogP contribution in [-0.2, 0) is 4.74 Å². The van der Waals surface area contributed by atoms with Crippen LogP contribution in [0.4, 0.5) is 5.82 Å². The summed E-state index contributed by atoms with van der Waals surface area (Å²) in [5.74, 6) is 0.825. The average Bonchev–Trinajstić information content (AvgIpc) is 2.55. The number of nitrogens with zero attached hydrogens (tertiary/aromatic N) is 2. The first-order valence-corrected chi connectivity index (χ1v) is 3.23. The van der Waals surface area contributed by atoms with Gasteiger partial charge in [0.05, 0.1) is 6.20 Å². The van der Waals surface area contributed by atoms with E-state index in [1.807, 2.05) is 6.07 Å². The van der Waals surface area contributed by atoms with Gasteiger partial charge in [-0.1, -0.05) is 0 Å². The van der Waals surface area contributed by atoms with E-state index < -0.39 is 6.35 Å². The lowest BCUT2D eigenvalue weighted by Crippen LogP contribution is -2.36. The van der Waals surface area contributed by atoms with Crippen molar-refractivity contribution in [2.75, 3.05) is 4.90 Å². The smallest absolute Gasteiger partial charge is 0.231 e. The number of H-pyrrole nitrogens is 1. The predicted molar refractivity (Wildman–Crippen MR) is 39.3 cm³/mol. The van der Waals surface area contributed by atoms with Crippen LogP contribution < -0.4 is 10.6 Å². The van der Waals surface area contributed by atoms with E-state index in [0.29, 0.717) is 0 Å². The highest BCUT2D eigenvalue weighted by Crippen LogP contribution is 2.15. The molecule has 11 heavy (non-hydrogen) atoms. The largest absolute Gasteiger partial charge is 0.463 e. The molecule has 0 spiro atoms. The van der Waals surface area contributed by atoms with Gasteiger partial charge in [-0.05, 0) is 0 Å². The molecule has 0 bridgehead atoms. The number of rotatable bonds is 1. The van der Waals surface area contributed by atoms with E-state index in [0.717, 1.165) is 5.82 Å². The summed E-state index contributed by atoms with van der Waals surface area (Å²) in [4.78, 5) is 1.74. The molecule has 3 N–H and O–H groups in total. The summed E-state index contributed by atoms with van der Waals surface area (Å²) in [5, 5.41) is 6.56.